The van der Waals surface area contributed by atoms with Gasteiger partial charge in [-0.1, -0.05) is 6.08 Å². The van der Waals surface area contributed by atoms with Crippen molar-refractivity contribution in [2.75, 3.05) is 6.54 Å². The molecule has 0 spiro atoms. The van der Waals surface area contributed by atoms with E-state index < -0.39 is 0 Å². The Hall–Kier alpha value is -0.730. The second kappa shape index (κ2) is 3.44. The van der Waals surface area contributed by atoms with Crippen LogP contribution in [0.15, 0.2) is 22.6 Å². The lowest BCUT2D eigenvalue weighted by Gasteiger charge is -1.81. The van der Waals surface area contributed by atoms with Crippen LogP contribution in [-0.2, 0) is 0 Å². The van der Waals surface area contributed by atoms with Gasteiger partial charge in [-0.15, -0.1) is 0 Å². The van der Waals surface area contributed by atoms with Crippen LogP contribution in [0.4, 0.5) is 0 Å². The van der Waals surface area contributed by atoms with Crippen LogP contribution in [0.3, 0.4) is 0 Å². The van der Waals surface area contributed by atoms with E-state index in [-0.39, 0.29) is 0 Å². The van der Waals surface area contributed by atoms with Gasteiger partial charge in [-0.3, -0.25) is 0 Å². The summed E-state index contributed by atoms with van der Waals surface area (Å²) in [6, 6.07) is 3.48. The molecule has 1 rings (SSSR count). The molecule has 54 valence electrons. The first-order valence-electron chi connectivity index (χ1n) is 2.95. The van der Waals surface area contributed by atoms with Gasteiger partial charge in [0, 0.05) is 6.54 Å². The van der Waals surface area contributed by atoms with E-state index in [0.717, 1.165) is 5.76 Å². The maximum absolute atomic E-state index is 5.51. The Morgan fingerprint density at radius 3 is 2.90 bits per heavy atom. The van der Waals surface area contributed by atoms with Crippen molar-refractivity contribution in [2.24, 2.45) is 5.73 Å². The molecular weight excluding hydrogens is 150 g/mol. The van der Waals surface area contributed by atoms with Crippen molar-refractivity contribution in [2.45, 2.75) is 0 Å². The molecule has 0 fully saturated rings. The van der Waals surface area contributed by atoms with Crippen molar-refractivity contribution < 1.29 is 4.42 Å². The molecular formula is C7H8ClNO. The highest BCUT2D eigenvalue weighted by Crippen LogP contribution is 2.13. The van der Waals surface area contributed by atoms with Crippen LogP contribution in [0.25, 0.3) is 6.08 Å². The predicted molar refractivity (Wildman–Crippen MR) is 41.8 cm³/mol. The third-order valence-corrected chi connectivity index (χ3v) is 1.22. The first-order valence-corrected chi connectivity index (χ1v) is 3.32. The van der Waals surface area contributed by atoms with Crippen LogP contribution in [0.1, 0.15) is 5.76 Å². The second-order valence-corrected chi connectivity index (χ2v) is 2.15. The van der Waals surface area contributed by atoms with Gasteiger partial charge >= 0.3 is 0 Å². The zero-order valence-electron chi connectivity index (χ0n) is 5.38. The number of rotatable bonds is 2. The average Bonchev–Trinajstić information content (AvgIpc) is 2.31. The largest absolute Gasteiger partial charge is 0.445 e. The first kappa shape index (κ1) is 7.38. The molecule has 2 N–H and O–H groups in total. The van der Waals surface area contributed by atoms with E-state index in [4.69, 9.17) is 21.8 Å². The van der Waals surface area contributed by atoms with Crippen molar-refractivity contribution in [3.8, 4) is 0 Å². The Morgan fingerprint density at radius 2 is 2.40 bits per heavy atom. The zero-order valence-corrected chi connectivity index (χ0v) is 6.14. The Morgan fingerprint density at radius 1 is 1.60 bits per heavy atom. The molecule has 0 saturated carbocycles. The summed E-state index contributed by atoms with van der Waals surface area (Å²) in [5.41, 5.74) is 5.22. The minimum absolute atomic E-state index is 0.400. The molecule has 0 aliphatic carbocycles. The summed E-state index contributed by atoms with van der Waals surface area (Å²) < 4.78 is 5.01. The molecule has 1 aromatic rings. The molecule has 0 aromatic carbocycles. The number of hydrogen-bond acceptors (Lipinski definition) is 2. The quantitative estimate of drug-likeness (QED) is 0.712. The molecule has 0 radical (unpaired) electrons. The summed E-state index contributed by atoms with van der Waals surface area (Å²) in [5, 5.41) is 0.400. The van der Waals surface area contributed by atoms with Gasteiger partial charge in [-0.25, -0.2) is 0 Å². The minimum atomic E-state index is 0.400. The Labute approximate surface area is 64.3 Å². The fourth-order valence-electron chi connectivity index (χ4n) is 0.602. The highest BCUT2D eigenvalue weighted by Gasteiger charge is 1.92. The lowest BCUT2D eigenvalue weighted by molar-refractivity contribution is 0.559. The molecule has 10 heavy (non-hydrogen) atoms. The third kappa shape index (κ3) is 1.90. The summed E-state index contributed by atoms with van der Waals surface area (Å²) in [5.74, 6) is 0.732. The summed E-state index contributed by atoms with van der Waals surface area (Å²) in [6.45, 7) is 0.512. The smallest absolute Gasteiger partial charge is 0.193 e. The number of furan rings is 1. The maximum atomic E-state index is 5.51. The monoisotopic (exact) mass is 157 g/mol. The fourth-order valence-corrected chi connectivity index (χ4v) is 0.754. The van der Waals surface area contributed by atoms with Gasteiger partial charge in [-0.2, -0.15) is 0 Å². The van der Waals surface area contributed by atoms with Crippen molar-refractivity contribution in [1.29, 1.82) is 0 Å². The van der Waals surface area contributed by atoms with Gasteiger partial charge in [0.15, 0.2) is 5.22 Å². The summed E-state index contributed by atoms with van der Waals surface area (Å²) in [4.78, 5) is 0. The van der Waals surface area contributed by atoms with Crippen LogP contribution < -0.4 is 5.73 Å². The molecule has 0 atom stereocenters. The molecule has 1 heterocycles. The second-order valence-electron chi connectivity index (χ2n) is 1.78. The molecule has 0 aliphatic heterocycles. The summed E-state index contributed by atoms with van der Waals surface area (Å²) >= 11 is 5.51. The van der Waals surface area contributed by atoms with Crippen molar-refractivity contribution in [1.82, 2.24) is 0 Å². The standard InChI is InChI=1S/C7H8ClNO/c8-7-4-3-6(10-7)2-1-5-9/h1-4H,5,9H2/b2-1+. The van der Waals surface area contributed by atoms with E-state index in [9.17, 15) is 0 Å². The van der Waals surface area contributed by atoms with Crippen LogP contribution in [-0.4, -0.2) is 6.54 Å². The molecule has 0 aliphatic rings. The molecule has 0 bridgehead atoms. The van der Waals surface area contributed by atoms with Crippen molar-refractivity contribution in [3.05, 3.63) is 29.2 Å². The number of nitrogens with two attached hydrogens (primary N) is 1. The molecule has 2 nitrogen and oxygen atoms in total. The van der Waals surface area contributed by atoms with Crippen LogP contribution in [0.2, 0.25) is 5.22 Å². The van der Waals surface area contributed by atoms with Gasteiger partial charge in [0.25, 0.3) is 0 Å². The number of halogens is 1. The average molecular weight is 158 g/mol. The van der Waals surface area contributed by atoms with Gasteiger partial charge in [0.05, 0.1) is 0 Å². The van der Waals surface area contributed by atoms with Crippen LogP contribution >= 0.6 is 11.6 Å². The molecule has 3 heteroatoms. The first-order chi connectivity index (χ1) is 4.83. The van der Waals surface area contributed by atoms with E-state index in [0.29, 0.717) is 11.8 Å². The Kier molecular flexibility index (Phi) is 2.54. The van der Waals surface area contributed by atoms with Crippen molar-refractivity contribution >= 4 is 17.7 Å². The van der Waals surface area contributed by atoms with Crippen LogP contribution in [0, 0.1) is 0 Å². The Balaban J connectivity index is 2.67. The number of hydrogen-bond donors (Lipinski definition) is 1. The Bertz CT molecular complexity index is 229. The SMILES string of the molecule is NC/C=C/c1ccc(Cl)o1. The van der Waals surface area contributed by atoms with E-state index >= 15 is 0 Å². The molecule has 1 aromatic heterocycles. The molecule has 0 amide bonds. The lowest BCUT2D eigenvalue weighted by atomic mass is 10.4. The van der Waals surface area contributed by atoms with Gasteiger partial charge in [0.2, 0.25) is 0 Å². The predicted octanol–water partition coefficient (Wildman–Crippen LogP) is 1.90. The van der Waals surface area contributed by atoms with Gasteiger partial charge < -0.3 is 10.2 Å². The zero-order chi connectivity index (χ0) is 7.40. The van der Waals surface area contributed by atoms with E-state index in [1.54, 1.807) is 24.3 Å². The van der Waals surface area contributed by atoms with E-state index in [2.05, 4.69) is 0 Å². The highest BCUT2D eigenvalue weighted by molar-refractivity contribution is 6.28. The van der Waals surface area contributed by atoms with E-state index in [1.807, 2.05) is 0 Å². The molecule has 0 unspecified atom stereocenters. The normalized spacial score (nSPS) is 11.0. The highest BCUT2D eigenvalue weighted by atomic mass is 35.5. The summed E-state index contributed by atoms with van der Waals surface area (Å²) in [6.07, 6.45) is 3.58. The van der Waals surface area contributed by atoms with Gasteiger partial charge in [-0.05, 0) is 29.8 Å². The summed E-state index contributed by atoms with van der Waals surface area (Å²) in [7, 11) is 0. The third-order valence-electron chi connectivity index (χ3n) is 1.01. The van der Waals surface area contributed by atoms with Crippen molar-refractivity contribution in [3.63, 3.8) is 0 Å². The van der Waals surface area contributed by atoms with Crippen LogP contribution in [0.5, 0.6) is 0 Å². The van der Waals surface area contributed by atoms with E-state index in [1.165, 1.54) is 0 Å². The fraction of sp³-hybridized carbons (Fsp3) is 0.143. The topological polar surface area (TPSA) is 39.2 Å². The molecule has 0 saturated heterocycles. The minimum Gasteiger partial charge on any atom is -0.445 e. The maximum Gasteiger partial charge on any atom is 0.193 e. The van der Waals surface area contributed by atoms with Gasteiger partial charge in [0.1, 0.15) is 5.76 Å². The lowest BCUT2D eigenvalue weighted by Crippen LogP contribution is -1.91.